The number of unbranched alkanes of at least 4 members (excludes halogenated alkanes) is 6. The fraction of sp³-hybridized carbons (Fsp3) is 0.706. The van der Waals surface area contributed by atoms with Crippen LogP contribution in [-0.4, -0.2) is 53.8 Å². The molecule has 2 aromatic heterocycles. The lowest BCUT2D eigenvalue weighted by Crippen LogP contribution is -2.36. The van der Waals surface area contributed by atoms with Gasteiger partial charge in [0.05, 0.1) is 0 Å². The van der Waals surface area contributed by atoms with E-state index < -0.39 is 20.0 Å². The minimum absolute atomic E-state index is 0.0249. The number of carbonyl (C=O) groups is 2. The first kappa shape index (κ1) is 39.8. The molecule has 2 aliphatic rings. The molecule has 12 nitrogen and oxygen atoms in total. The van der Waals surface area contributed by atoms with Crippen molar-refractivity contribution in [3.05, 3.63) is 35.8 Å². The van der Waals surface area contributed by atoms with E-state index in [1.807, 2.05) is 0 Å². The summed E-state index contributed by atoms with van der Waals surface area (Å²) < 4.78 is 64.7. The SMILES string of the molecule is CCCCCCNC(=O)c1ccc(S(=O)(=O)NCCCCCC)o1.O=C(NC1CCCCC1)c1ccc(S(=O)(=O)NC2CCCCC2)o1. The summed E-state index contributed by atoms with van der Waals surface area (Å²) in [5, 5.41) is 5.28. The number of carbonyl (C=O) groups excluding carboxylic acids is 2. The predicted molar refractivity (Wildman–Crippen MR) is 185 cm³/mol. The molecule has 2 aromatic rings. The molecule has 0 bridgehead atoms. The monoisotopic (exact) mass is 712 g/mol. The van der Waals surface area contributed by atoms with Crippen LogP contribution in [0.2, 0.25) is 0 Å². The molecule has 2 heterocycles. The van der Waals surface area contributed by atoms with Crippen LogP contribution in [0.3, 0.4) is 0 Å². The van der Waals surface area contributed by atoms with Gasteiger partial charge in [-0.3, -0.25) is 9.59 Å². The van der Waals surface area contributed by atoms with E-state index in [0.29, 0.717) is 13.1 Å². The highest BCUT2D eigenvalue weighted by molar-refractivity contribution is 7.89. The lowest BCUT2D eigenvalue weighted by molar-refractivity contribution is 0.0892. The first-order valence-electron chi connectivity index (χ1n) is 17.9. The zero-order valence-electron chi connectivity index (χ0n) is 28.7. The Bertz CT molecular complexity index is 1460. The van der Waals surface area contributed by atoms with Crippen LogP contribution in [0.5, 0.6) is 0 Å². The molecule has 0 unspecified atom stereocenters. The van der Waals surface area contributed by atoms with Crippen LogP contribution in [0.25, 0.3) is 0 Å². The molecule has 2 fully saturated rings. The summed E-state index contributed by atoms with van der Waals surface area (Å²) in [6, 6.07) is 5.65. The number of hydrogen-bond acceptors (Lipinski definition) is 8. The number of rotatable bonds is 18. The van der Waals surface area contributed by atoms with Crippen molar-refractivity contribution in [3.63, 3.8) is 0 Å². The Kier molecular flexibility index (Phi) is 17.2. The molecule has 2 amide bonds. The summed E-state index contributed by atoms with van der Waals surface area (Å²) in [6.45, 7) is 5.17. The van der Waals surface area contributed by atoms with Crippen LogP contribution >= 0.6 is 0 Å². The quantitative estimate of drug-likeness (QED) is 0.128. The van der Waals surface area contributed by atoms with Gasteiger partial charge < -0.3 is 19.5 Å². The van der Waals surface area contributed by atoms with Gasteiger partial charge >= 0.3 is 0 Å². The number of furan rings is 2. The van der Waals surface area contributed by atoms with Gasteiger partial charge in [-0.1, -0.05) is 90.9 Å². The highest BCUT2D eigenvalue weighted by atomic mass is 32.2. The summed E-state index contributed by atoms with van der Waals surface area (Å²) in [4.78, 5) is 24.2. The number of hydrogen-bond donors (Lipinski definition) is 4. The molecule has 0 atom stereocenters. The van der Waals surface area contributed by atoms with Crippen LogP contribution in [0.1, 0.15) is 151 Å². The lowest BCUT2D eigenvalue weighted by Gasteiger charge is -2.22. The lowest BCUT2D eigenvalue weighted by atomic mass is 9.95. The highest BCUT2D eigenvalue weighted by Gasteiger charge is 2.27. The Labute approximate surface area is 287 Å². The first-order valence-corrected chi connectivity index (χ1v) is 20.8. The van der Waals surface area contributed by atoms with Crippen molar-refractivity contribution in [2.45, 2.75) is 152 Å². The molecule has 2 saturated carbocycles. The molecule has 272 valence electrons. The third kappa shape index (κ3) is 13.7. The van der Waals surface area contributed by atoms with Crippen molar-refractivity contribution in [2.24, 2.45) is 0 Å². The molecule has 0 aliphatic heterocycles. The van der Waals surface area contributed by atoms with Crippen molar-refractivity contribution >= 4 is 31.9 Å². The van der Waals surface area contributed by atoms with Gasteiger partial charge in [-0.2, -0.15) is 0 Å². The summed E-state index contributed by atoms with van der Waals surface area (Å²) in [7, 11) is -7.39. The molecule has 0 saturated heterocycles. The second-order valence-electron chi connectivity index (χ2n) is 12.8. The molecule has 0 radical (unpaired) electrons. The number of amides is 2. The van der Waals surface area contributed by atoms with E-state index in [4.69, 9.17) is 8.83 Å². The van der Waals surface area contributed by atoms with E-state index in [2.05, 4.69) is 33.9 Å². The molecule has 0 aromatic carbocycles. The largest absolute Gasteiger partial charge is 0.438 e. The Morgan fingerprint density at radius 3 is 1.69 bits per heavy atom. The average molecular weight is 713 g/mol. The second-order valence-corrected chi connectivity index (χ2v) is 16.1. The van der Waals surface area contributed by atoms with E-state index in [-0.39, 0.29) is 45.6 Å². The van der Waals surface area contributed by atoms with Gasteiger partial charge in [0, 0.05) is 25.2 Å². The van der Waals surface area contributed by atoms with Gasteiger partial charge in [-0.25, -0.2) is 26.3 Å². The van der Waals surface area contributed by atoms with Crippen LogP contribution in [0.4, 0.5) is 0 Å². The molecule has 4 N–H and O–H groups in total. The van der Waals surface area contributed by atoms with Gasteiger partial charge in [0.25, 0.3) is 31.9 Å². The van der Waals surface area contributed by atoms with Crippen molar-refractivity contribution in [1.29, 1.82) is 0 Å². The number of sulfonamides is 2. The predicted octanol–water partition coefficient (Wildman–Crippen LogP) is 6.40. The fourth-order valence-electron chi connectivity index (χ4n) is 5.84. The molecular weight excluding hydrogens is 657 g/mol. The summed E-state index contributed by atoms with van der Waals surface area (Å²) in [5.74, 6) is -0.627. The van der Waals surface area contributed by atoms with Gasteiger partial charge in [0.1, 0.15) is 0 Å². The van der Waals surface area contributed by atoms with E-state index >= 15 is 0 Å². The Morgan fingerprint density at radius 2 is 1.12 bits per heavy atom. The number of nitrogens with one attached hydrogen (secondary N) is 4. The van der Waals surface area contributed by atoms with Crippen molar-refractivity contribution < 1.29 is 35.3 Å². The third-order valence-electron chi connectivity index (χ3n) is 8.65. The van der Waals surface area contributed by atoms with E-state index in [9.17, 15) is 26.4 Å². The summed E-state index contributed by atoms with van der Waals surface area (Å²) in [6.07, 6.45) is 18.6. The van der Waals surface area contributed by atoms with Crippen LogP contribution in [-0.2, 0) is 20.0 Å². The van der Waals surface area contributed by atoms with E-state index in [0.717, 1.165) is 109 Å². The standard InChI is InChI=1S/C17H26N2O4S.C17H30N2O4S/c20-17(18-13-7-3-1-4-8-13)15-11-12-16(23-15)24(21,22)19-14-9-5-2-6-10-14;1-3-5-7-9-13-18-17(20)15-11-12-16(23-15)24(21,22)19-14-10-8-6-4-2/h11-14,19H,1-10H2,(H,18,20);11-12,19H,3-10,13-14H2,1-2H3,(H,18,20). The van der Waals surface area contributed by atoms with Gasteiger partial charge in [-0.15, -0.1) is 0 Å². The molecule has 48 heavy (non-hydrogen) atoms. The zero-order valence-corrected chi connectivity index (χ0v) is 30.3. The van der Waals surface area contributed by atoms with Gasteiger partial charge in [-0.05, 0) is 62.8 Å². The normalized spacial score (nSPS) is 16.2. The first-order chi connectivity index (χ1) is 23.1. The molecule has 2 aliphatic carbocycles. The van der Waals surface area contributed by atoms with Gasteiger partial charge in [0.15, 0.2) is 11.5 Å². The summed E-state index contributed by atoms with van der Waals surface area (Å²) >= 11 is 0. The smallest absolute Gasteiger partial charge is 0.287 e. The topological polar surface area (TPSA) is 177 Å². The van der Waals surface area contributed by atoms with Crippen molar-refractivity contribution in [2.75, 3.05) is 13.1 Å². The minimum atomic E-state index is -3.70. The van der Waals surface area contributed by atoms with Crippen LogP contribution < -0.4 is 20.1 Å². The summed E-state index contributed by atoms with van der Waals surface area (Å²) in [5.41, 5.74) is 0. The maximum Gasteiger partial charge on any atom is 0.287 e. The third-order valence-corrected chi connectivity index (χ3v) is 11.4. The van der Waals surface area contributed by atoms with Crippen molar-refractivity contribution in [3.8, 4) is 0 Å². The maximum atomic E-state index is 12.4. The molecule has 14 heteroatoms. The molecule has 4 rings (SSSR count). The van der Waals surface area contributed by atoms with Crippen LogP contribution in [0.15, 0.2) is 43.3 Å². The highest BCUT2D eigenvalue weighted by Crippen LogP contribution is 2.22. The van der Waals surface area contributed by atoms with E-state index in [1.54, 1.807) is 0 Å². The Hall–Kier alpha value is -2.68. The van der Waals surface area contributed by atoms with Crippen LogP contribution in [0, 0.1) is 0 Å². The second kappa shape index (κ2) is 20.7. The Balaban J connectivity index is 0.000000260. The van der Waals surface area contributed by atoms with Crippen molar-refractivity contribution in [1.82, 2.24) is 20.1 Å². The Morgan fingerprint density at radius 1 is 0.625 bits per heavy atom. The molecular formula is C34H56N4O8S2. The minimum Gasteiger partial charge on any atom is -0.438 e. The van der Waals surface area contributed by atoms with Gasteiger partial charge in [0.2, 0.25) is 10.2 Å². The fourth-order valence-corrected chi connectivity index (χ4v) is 8.08. The zero-order chi connectivity index (χ0) is 34.8. The molecule has 0 spiro atoms. The van der Waals surface area contributed by atoms with E-state index in [1.165, 1.54) is 30.7 Å². The maximum absolute atomic E-state index is 12.4. The average Bonchev–Trinajstić information content (AvgIpc) is 3.78.